The number of hydrogen-bond donors (Lipinski definition) is 3. The van der Waals surface area contributed by atoms with Crippen LogP contribution in [0.4, 0.5) is 0 Å². The third-order valence-corrected chi connectivity index (χ3v) is 4.94. The van der Waals surface area contributed by atoms with Gasteiger partial charge in [0.15, 0.2) is 5.15 Å². The molecular weight excluding hydrogens is 372 g/mol. The van der Waals surface area contributed by atoms with E-state index in [1.165, 1.54) is 6.20 Å². The van der Waals surface area contributed by atoms with Crippen molar-refractivity contribution in [2.45, 2.75) is 18.3 Å². The Labute approximate surface area is 156 Å². The topological polar surface area (TPSA) is 129 Å². The van der Waals surface area contributed by atoms with Crippen LogP contribution in [-0.2, 0) is 0 Å². The van der Waals surface area contributed by atoms with E-state index in [1.807, 2.05) is 0 Å². The predicted octanol–water partition coefficient (Wildman–Crippen LogP) is 2.14. The summed E-state index contributed by atoms with van der Waals surface area (Å²) >= 11 is 6.21. The fourth-order valence-corrected chi connectivity index (χ4v) is 3.40. The van der Waals surface area contributed by atoms with Crippen molar-refractivity contribution in [1.82, 2.24) is 20.2 Å². The Hall–Kier alpha value is -3.26. The van der Waals surface area contributed by atoms with Gasteiger partial charge in [-0.25, -0.2) is 9.59 Å². The van der Waals surface area contributed by atoms with Gasteiger partial charge in [0.1, 0.15) is 5.69 Å². The molecule has 1 aliphatic carbocycles. The van der Waals surface area contributed by atoms with Crippen LogP contribution >= 0.6 is 11.6 Å². The van der Waals surface area contributed by atoms with Crippen LogP contribution in [-0.4, -0.2) is 31.2 Å². The van der Waals surface area contributed by atoms with Gasteiger partial charge < -0.3 is 10.1 Å². The van der Waals surface area contributed by atoms with Crippen LogP contribution in [0.5, 0.6) is 0 Å². The number of carbonyl (C=O) groups is 1. The van der Waals surface area contributed by atoms with E-state index in [4.69, 9.17) is 16.7 Å². The number of aromatic carboxylic acids is 1. The first-order valence-corrected chi connectivity index (χ1v) is 8.50. The lowest BCUT2D eigenvalue weighted by Crippen LogP contribution is -2.23. The number of rotatable bonds is 4. The normalized spacial score (nSPS) is 18.3. The van der Waals surface area contributed by atoms with Crippen LogP contribution in [0.1, 0.15) is 39.7 Å². The molecule has 1 aromatic carbocycles. The molecule has 2 heterocycles. The molecule has 0 saturated heterocycles. The smallest absolute Gasteiger partial charge is 0.335 e. The average Bonchev–Trinajstić information content (AvgIpc) is 3.43. The zero-order chi connectivity index (χ0) is 19.1. The highest BCUT2D eigenvalue weighted by atomic mass is 35.5. The molecule has 1 aliphatic rings. The molecule has 4 rings (SSSR count). The number of nitrogens with one attached hydrogen (secondary N) is 2. The van der Waals surface area contributed by atoms with E-state index in [0.717, 1.165) is 17.5 Å². The Morgan fingerprint density at radius 1 is 1.15 bits per heavy atom. The summed E-state index contributed by atoms with van der Waals surface area (Å²) in [6, 6.07) is 8.44. The number of benzene rings is 1. The number of aromatic nitrogens is 4. The van der Waals surface area contributed by atoms with Gasteiger partial charge in [0.25, 0.3) is 5.56 Å². The van der Waals surface area contributed by atoms with Crippen LogP contribution < -0.4 is 11.2 Å². The Morgan fingerprint density at radius 2 is 1.89 bits per heavy atom. The minimum atomic E-state index is -0.967. The van der Waals surface area contributed by atoms with Gasteiger partial charge in [-0.15, -0.1) is 10.2 Å². The summed E-state index contributed by atoms with van der Waals surface area (Å²) in [6.45, 7) is 0. The molecule has 0 unspecified atom stereocenters. The second-order valence-corrected chi connectivity index (χ2v) is 6.70. The summed E-state index contributed by atoms with van der Waals surface area (Å²) in [4.78, 5) is 38.7. The van der Waals surface area contributed by atoms with Gasteiger partial charge >= 0.3 is 11.7 Å². The number of hydrogen-bond acceptors (Lipinski definition) is 5. The van der Waals surface area contributed by atoms with E-state index in [9.17, 15) is 14.4 Å². The highest BCUT2D eigenvalue weighted by Gasteiger charge is 2.41. The molecule has 9 heteroatoms. The van der Waals surface area contributed by atoms with Crippen LogP contribution in [0.25, 0.3) is 11.3 Å². The van der Waals surface area contributed by atoms with Crippen molar-refractivity contribution in [1.29, 1.82) is 0 Å². The number of halogens is 1. The Kier molecular flexibility index (Phi) is 4.12. The third kappa shape index (κ3) is 3.26. The molecule has 2 atom stereocenters. The van der Waals surface area contributed by atoms with Gasteiger partial charge in [0.2, 0.25) is 0 Å². The molecule has 8 nitrogen and oxygen atoms in total. The van der Waals surface area contributed by atoms with Crippen LogP contribution in [0.3, 0.4) is 0 Å². The van der Waals surface area contributed by atoms with E-state index < -0.39 is 17.2 Å². The zero-order valence-electron chi connectivity index (χ0n) is 13.8. The number of carboxylic acid groups (broad SMARTS) is 1. The number of nitrogens with zero attached hydrogens (tertiary/aromatic N) is 2. The maximum Gasteiger partial charge on any atom is 0.335 e. The Balaban J connectivity index is 1.64. The van der Waals surface area contributed by atoms with Gasteiger partial charge in [-0.05, 0) is 47.6 Å². The molecule has 1 fully saturated rings. The average molecular weight is 385 g/mol. The lowest BCUT2D eigenvalue weighted by molar-refractivity contribution is 0.0697. The largest absolute Gasteiger partial charge is 0.478 e. The number of H-pyrrole nitrogens is 2. The van der Waals surface area contributed by atoms with Gasteiger partial charge in [-0.1, -0.05) is 23.7 Å². The highest BCUT2D eigenvalue weighted by Crippen LogP contribution is 2.56. The SMILES string of the molecule is O=C(O)c1ccc([C@H]2C[C@@H]2c2cc(-c3c[nH]c(=O)[nH]c3=O)nnc2Cl)cc1. The van der Waals surface area contributed by atoms with Crippen molar-refractivity contribution in [2.24, 2.45) is 0 Å². The first kappa shape index (κ1) is 17.2. The summed E-state index contributed by atoms with van der Waals surface area (Å²) in [5, 5.41) is 17.1. The van der Waals surface area contributed by atoms with Crippen molar-refractivity contribution >= 4 is 17.6 Å². The van der Waals surface area contributed by atoms with E-state index in [0.29, 0.717) is 5.69 Å². The summed E-state index contributed by atoms with van der Waals surface area (Å²) in [5.41, 5.74) is 1.37. The Bertz CT molecular complexity index is 1150. The minimum Gasteiger partial charge on any atom is -0.478 e. The minimum absolute atomic E-state index is 0.101. The van der Waals surface area contributed by atoms with Crippen molar-refractivity contribution in [3.8, 4) is 11.3 Å². The van der Waals surface area contributed by atoms with Gasteiger partial charge in [0, 0.05) is 6.20 Å². The van der Waals surface area contributed by atoms with Crippen LogP contribution in [0.15, 0.2) is 46.1 Å². The third-order valence-electron chi connectivity index (χ3n) is 4.65. The monoisotopic (exact) mass is 384 g/mol. The van der Waals surface area contributed by atoms with E-state index in [2.05, 4.69) is 20.2 Å². The van der Waals surface area contributed by atoms with Crippen molar-refractivity contribution in [3.63, 3.8) is 0 Å². The highest BCUT2D eigenvalue weighted by molar-refractivity contribution is 6.30. The molecule has 1 saturated carbocycles. The predicted molar refractivity (Wildman–Crippen MR) is 97.2 cm³/mol. The van der Waals surface area contributed by atoms with Gasteiger partial charge in [0.05, 0.1) is 11.1 Å². The summed E-state index contributed by atoms with van der Waals surface area (Å²) in [6.07, 6.45) is 2.12. The van der Waals surface area contributed by atoms with Crippen molar-refractivity contribution in [3.05, 3.63) is 79.2 Å². The first-order valence-electron chi connectivity index (χ1n) is 8.13. The quantitative estimate of drug-likeness (QED) is 0.632. The molecule has 0 aliphatic heterocycles. The molecule has 3 aromatic rings. The lowest BCUT2D eigenvalue weighted by Gasteiger charge is -2.06. The second-order valence-electron chi connectivity index (χ2n) is 6.34. The molecule has 27 heavy (non-hydrogen) atoms. The number of aromatic amines is 2. The van der Waals surface area contributed by atoms with Crippen LogP contribution in [0.2, 0.25) is 5.15 Å². The van der Waals surface area contributed by atoms with Gasteiger partial charge in [-0.2, -0.15) is 0 Å². The second kappa shape index (κ2) is 6.48. The molecule has 3 N–H and O–H groups in total. The Morgan fingerprint density at radius 3 is 2.56 bits per heavy atom. The molecule has 0 amide bonds. The van der Waals surface area contributed by atoms with E-state index in [-0.39, 0.29) is 28.1 Å². The van der Waals surface area contributed by atoms with Crippen molar-refractivity contribution < 1.29 is 9.90 Å². The molecular formula is C18H13ClN4O4. The fraction of sp³-hybridized carbons (Fsp3) is 0.167. The zero-order valence-corrected chi connectivity index (χ0v) is 14.5. The molecule has 0 bridgehead atoms. The molecule has 0 radical (unpaired) electrons. The maximum atomic E-state index is 12.0. The first-order chi connectivity index (χ1) is 12.9. The van der Waals surface area contributed by atoms with Gasteiger partial charge in [-0.3, -0.25) is 9.78 Å². The van der Waals surface area contributed by atoms with E-state index >= 15 is 0 Å². The summed E-state index contributed by atoms with van der Waals surface area (Å²) in [5.74, 6) is -0.674. The number of carboxylic acids is 1. The molecule has 136 valence electrons. The molecule has 2 aromatic heterocycles. The molecule has 0 spiro atoms. The fourth-order valence-electron chi connectivity index (χ4n) is 3.16. The van der Waals surface area contributed by atoms with Crippen molar-refractivity contribution in [2.75, 3.05) is 0 Å². The van der Waals surface area contributed by atoms with Crippen LogP contribution in [0, 0.1) is 0 Å². The lowest BCUT2D eigenvalue weighted by atomic mass is 10.0. The summed E-state index contributed by atoms with van der Waals surface area (Å²) in [7, 11) is 0. The maximum absolute atomic E-state index is 12.0. The standard InChI is InChI=1S/C18H13ClN4O4/c19-15-12(6-14(22-23-15)13-7-20-18(27)21-16(13)24)11-5-10(11)8-1-3-9(4-2-8)17(25)26/h1-4,6-7,10-11H,5H2,(H,25,26)(H2,20,21,24,27)/t10-,11+/m1/s1. The van der Waals surface area contributed by atoms with E-state index in [1.54, 1.807) is 30.3 Å². The summed E-state index contributed by atoms with van der Waals surface area (Å²) < 4.78 is 0.